The van der Waals surface area contributed by atoms with Gasteiger partial charge in [-0.1, -0.05) is 17.7 Å². The average Bonchev–Trinajstić information content (AvgIpc) is 3.21. The molecule has 1 amide bonds. The molecule has 0 spiro atoms. The van der Waals surface area contributed by atoms with Gasteiger partial charge in [-0.25, -0.2) is 22.9 Å². The van der Waals surface area contributed by atoms with Crippen LogP contribution in [0.4, 0.5) is 19.0 Å². The van der Waals surface area contributed by atoms with E-state index in [9.17, 15) is 22.8 Å². The zero-order valence-electron chi connectivity index (χ0n) is 21.0. The lowest BCUT2D eigenvalue weighted by Crippen LogP contribution is -2.39. The van der Waals surface area contributed by atoms with Gasteiger partial charge in [0.25, 0.3) is 12.3 Å². The molecule has 0 atom stereocenters. The first-order chi connectivity index (χ1) is 18.8. The third-order valence-electron chi connectivity index (χ3n) is 7.12. The van der Waals surface area contributed by atoms with Crippen molar-refractivity contribution < 1.29 is 18.0 Å². The second-order valence-electron chi connectivity index (χ2n) is 9.57. The van der Waals surface area contributed by atoms with Crippen molar-refractivity contribution in [2.45, 2.75) is 44.7 Å². The number of halogens is 4. The van der Waals surface area contributed by atoms with E-state index in [-0.39, 0.29) is 33.8 Å². The van der Waals surface area contributed by atoms with Crippen LogP contribution in [-0.2, 0) is 6.54 Å². The van der Waals surface area contributed by atoms with Crippen LogP contribution in [0, 0.1) is 11.7 Å². The van der Waals surface area contributed by atoms with Gasteiger partial charge in [0, 0.05) is 25.8 Å². The maximum Gasteiger partial charge on any atom is 0.333 e. The third-order valence-corrected chi connectivity index (χ3v) is 7.33. The van der Waals surface area contributed by atoms with Crippen molar-refractivity contribution in [3.05, 3.63) is 81.4 Å². The number of para-hydroxylation sites is 1. The number of alkyl halides is 2. The van der Waals surface area contributed by atoms with Gasteiger partial charge in [-0.05, 0) is 61.9 Å². The summed E-state index contributed by atoms with van der Waals surface area (Å²) in [5, 5.41) is 5.84. The van der Waals surface area contributed by atoms with Gasteiger partial charge in [0.05, 0.1) is 28.0 Å². The summed E-state index contributed by atoms with van der Waals surface area (Å²) in [6, 6.07) is 9.04. The van der Waals surface area contributed by atoms with E-state index in [1.165, 1.54) is 21.3 Å². The molecule has 4 aromatic rings. The van der Waals surface area contributed by atoms with Gasteiger partial charge in [-0.15, -0.1) is 0 Å². The van der Waals surface area contributed by atoms with Crippen LogP contribution in [0.5, 0.6) is 0 Å². The van der Waals surface area contributed by atoms with Crippen LogP contribution in [0.2, 0.25) is 5.02 Å². The molecule has 8 nitrogen and oxygen atoms in total. The Morgan fingerprint density at radius 3 is 2.56 bits per heavy atom. The van der Waals surface area contributed by atoms with Gasteiger partial charge in [-0.2, -0.15) is 0 Å². The second kappa shape index (κ2) is 11.1. The molecule has 2 N–H and O–H groups in total. The number of nitrogens with zero attached hydrogens (tertiary/aromatic N) is 4. The highest BCUT2D eigenvalue weighted by atomic mass is 35.5. The fraction of sp³-hybridized carbons (Fsp3) is 0.333. The molecule has 0 unspecified atom stereocenters. The van der Waals surface area contributed by atoms with Crippen LogP contribution in [0.25, 0.3) is 16.7 Å². The molecule has 1 aliphatic rings. The van der Waals surface area contributed by atoms with Crippen LogP contribution >= 0.6 is 11.6 Å². The number of nitrogens with one attached hydrogen (secondary N) is 2. The Balaban J connectivity index is 1.32. The topological polar surface area (TPSA) is 93.8 Å². The van der Waals surface area contributed by atoms with E-state index in [1.807, 2.05) is 0 Å². The van der Waals surface area contributed by atoms with Crippen LogP contribution in [0.15, 0.2) is 53.6 Å². The predicted octanol–water partition coefficient (Wildman–Crippen LogP) is 5.34. The minimum atomic E-state index is -2.91. The Hall–Kier alpha value is -3.86. The second-order valence-corrected chi connectivity index (χ2v) is 10.0. The zero-order chi connectivity index (χ0) is 27.7. The Morgan fingerprint density at radius 2 is 1.90 bits per heavy atom. The summed E-state index contributed by atoms with van der Waals surface area (Å²) in [5.41, 5.74) is -0.0182. The number of amides is 1. The molecule has 0 radical (unpaired) electrons. The van der Waals surface area contributed by atoms with Crippen molar-refractivity contribution in [2.24, 2.45) is 5.92 Å². The first-order valence-corrected chi connectivity index (χ1v) is 12.9. The summed E-state index contributed by atoms with van der Waals surface area (Å²) in [6.07, 6.45) is 2.22. The predicted molar refractivity (Wildman–Crippen MR) is 142 cm³/mol. The first-order valence-electron chi connectivity index (χ1n) is 12.5. The molecule has 5 rings (SSSR count). The lowest BCUT2D eigenvalue weighted by molar-refractivity contribution is 0.0904. The summed E-state index contributed by atoms with van der Waals surface area (Å²) < 4.78 is 44.6. The van der Waals surface area contributed by atoms with Crippen molar-refractivity contribution >= 4 is 34.4 Å². The monoisotopic (exact) mass is 558 g/mol. The number of benzene rings is 1. The maximum atomic E-state index is 15.0. The fourth-order valence-electron chi connectivity index (χ4n) is 5.17. The van der Waals surface area contributed by atoms with E-state index >= 15 is 0 Å². The first kappa shape index (κ1) is 26.7. The average molecular weight is 559 g/mol. The molecule has 39 heavy (non-hydrogen) atoms. The molecule has 204 valence electrons. The smallest absolute Gasteiger partial charge is 0.333 e. The number of hydrogen-bond acceptors (Lipinski definition) is 5. The zero-order valence-corrected chi connectivity index (χ0v) is 21.8. The standard InChI is InChI=1S/C27H26ClF3N6O2/c1-32-22-10-9-18(13-33-22)37-21-4-2-3-20(29)24(21)36(27(37)39)14-15-5-7-17(8-6-15)35-26(38)19-11-16(28)12-34-23(19)25(30)31/h2-4,9-13,15,17,25H,5-8,14H2,1H3,(H,32,33)(H,35,38). The summed E-state index contributed by atoms with van der Waals surface area (Å²) in [5.74, 6) is -0.441. The van der Waals surface area contributed by atoms with E-state index in [4.69, 9.17) is 11.6 Å². The molecule has 1 saturated carbocycles. The van der Waals surface area contributed by atoms with Gasteiger partial charge >= 0.3 is 5.69 Å². The largest absolute Gasteiger partial charge is 0.373 e. The molecular formula is C27H26ClF3N6O2. The number of carbonyl (C=O) groups excluding carboxylic acids is 1. The Kier molecular flexibility index (Phi) is 7.60. The van der Waals surface area contributed by atoms with Crippen LogP contribution < -0.4 is 16.3 Å². The van der Waals surface area contributed by atoms with E-state index in [2.05, 4.69) is 20.6 Å². The van der Waals surface area contributed by atoms with Gasteiger partial charge in [-0.3, -0.25) is 18.9 Å². The number of aromatic nitrogens is 4. The van der Waals surface area contributed by atoms with Crippen LogP contribution in [-0.4, -0.2) is 38.1 Å². The number of carbonyl (C=O) groups is 1. The molecule has 0 bridgehead atoms. The molecule has 3 aromatic heterocycles. The van der Waals surface area contributed by atoms with Gasteiger partial charge in [0.2, 0.25) is 0 Å². The molecule has 1 fully saturated rings. The van der Waals surface area contributed by atoms with E-state index in [1.54, 1.807) is 37.5 Å². The Morgan fingerprint density at radius 1 is 1.13 bits per heavy atom. The summed E-state index contributed by atoms with van der Waals surface area (Å²) >= 11 is 5.87. The lowest BCUT2D eigenvalue weighted by atomic mass is 9.85. The van der Waals surface area contributed by atoms with Gasteiger partial charge < -0.3 is 10.6 Å². The maximum absolute atomic E-state index is 15.0. The van der Waals surface area contributed by atoms with Crippen molar-refractivity contribution in [3.8, 4) is 5.69 Å². The van der Waals surface area contributed by atoms with E-state index < -0.39 is 23.8 Å². The third kappa shape index (κ3) is 5.36. The molecule has 12 heteroatoms. The highest BCUT2D eigenvalue weighted by molar-refractivity contribution is 6.30. The van der Waals surface area contributed by atoms with Crippen molar-refractivity contribution in [1.82, 2.24) is 24.4 Å². The quantitative estimate of drug-likeness (QED) is 0.319. The fourth-order valence-corrected chi connectivity index (χ4v) is 5.33. The number of rotatable bonds is 7. The van der Waals surface area contributed by atoms with Crippen molar-refractivity contribution in [2.75, 3.05) is 12.4 Å². The summed E-state index contributed by atoms with van der Waals surface area (Å²) in [4.78, 5) is 34.1. The van der Waals surface area contributed by atoms with Crippen LogP contribution in [0.3, 0.4) is 0 Å². The van der Waals surface area contributed by atoms with Crippen molar-refractivity contribution in [1.29, 1.82) is 0 Å². The molecular weight excluding hydrogens is 533 g/mol. The number of imidazole rings is 1. The van der Waals surface area contributed by atoms with Crippen LogP contribution in [0.1, 0.15) is 48.2 Å². The van der Waals surface area contributed by atoms with E-state index in [0.29, 0.717) is 49.2 Å². The van der Waals surface area contributed by atoms with Crippen molar-refractivity contribution in [3.63, 3.8) is 0 Å². The molecule has 0 saturated heterocycles. The number of anilines is 1. The minimum absolute atomic E-state index is 0.0590. The molecule has 1 aromatic carbocycles. The highest BCUT2D eigenvalue weighted by Gasteiger charge is 2.28. The van der Waals surface area contributed by atoms with Gasteiger partial charge in [0.1, 0.15) is 22.8 Å². The molecule has 3 heterocycles. The molecule has 0 aliphatic heterocycles. The highest BCUT2D eigenvalue weighted by Crippen LogP contribution is 2.29. The van der Waals surface area contributed by atoms with E-state index in [0.717, 1.165) is 6.20 Å². The Bertz CT molecular complexity index is 1560. The van der Waals surface area contributed by atoms with Gasteiger partial charge in [0.15, 0.2) is 0 Å². The lowest BCUT2D eigenvalue weighted by Gasteiger charge is -2.29. The minimum Gasteiger partial charge on any atom is -0.373 e. The SMILES string of the molecule is CNc1ccc(-n2c(=O)n(CC3CCC(NC(=O)c4cc(Cl)cnc4C(F)F)CC3)c3c(F)cccc32)cn1. The summed E-state index contributed by atoms with van der Waals surface area (Å²) in [7, 11) is 1.74. The summed E-state index contributed by atoms with van der Waals surface area (Å²) in [6.45, 7) is 0.305. The normalized spacial score (nSPS) is 17.5. The molecule has 1 aliphatic carbocycles. The Labute approximate surface area is 226 Å². The number of pyridine rings is 2. The number of fused-ring (bicyclic) bond motifs is 1. The number of hydrogen-bond donors (Lipinski definition) is 2.